The van der Waals surface area contributed by atoms with Crippen molar-refractivity contribution < 1.29 is 9.84 Å². The molecule has 0 spiro atoms. The average Bonchev–Trinajstić information content (AvgIpc) is 2.89. The summed E-state index contributed by atoms with van der Waals surface area (Å²) in [5, 5.41) is 11.1. The maximum absolute atomic E-state index is 10.4. The summed E-state index contributed by atoms with van der Waals surface area (Å²) in [7, 11) is 0. The molecule has 2 aliphatic heterocycles. The minimum absolute atomic E-state index is 0.107. The predicted octanol–water partition coefficient (Wildman–Crippen LogP) is 2.87. The molecule has 1 aromatic carbocycles. The molecule has 0 bridgehead atoms. The first-order valence-corrected chi connectivity index (χ1v) is 8.28. The van der Waals surface area contributed by atoms with Crippen molar-refractivity contribution in [1.29, 1.82) is 0 Å². The van der Waals surface area contributed by atoms with E-state index in [-0.39, 0.29) is 6.10 Å². The van der Waals surface area contributed by atoms with Gasteiger partial charge in [-0.2, -0.15) is 0 Å². The molecule has 3 rings (SSSR count). The molecule has 2 saturated heterocycles. The van der Waals surface area contributed by atoms with Crippen LogP contribution >= 0.6 is 27.5 Å². The van der Waals surface area contributed by atoms with Crippen molar-refractivity contribution in [2.24, 2.45) is 0 Å². The number of rotatable bonds is 3. The van der Waals surface area contributed by atoms with Crippen LogP contribution in [0, 0.1) is 0 Å². The smallest absolute Gasteiger partial charge is 0.0964 e. The quantitative estimate of drug-likeness (QED) is 0.900. The van der Waals surface area contributed by atoms with Crippen LogP contribution in [0.3, 0.4) is 0 Å². The molecule has 5 heteroatoms. The van der Waals surface area contributed by atoms with Gasteiger partial charge >= 0.3 is 0 Å². The molecule has 2 aliphatic rings. The number of halogens is 2. The van der Waals surface area contributed by atoms with E-state index in [0.29, 0.717) is 17.5 Å². The van der Waals surface area contributed by atoms with Gasteiger partial charge in [0.25, 0.3) is 0 Å². The molecule has 0 saturated carbocycles. The van der Waals surface area contributed by atoms with Crippen LogP contribution in [0.15, 0.2) is 22.7 Å². The zero-order chi connectivity index (χ0) is 14.1. The van der Waals surface area contributed by atoms with Crippen molar-refractivity contribution in [2.45, 2.75) is 37.5 Å². The Morgan fingerprint density at radius 1 is 1.50 bits per heavy atom. The number of aliphatic hydroxyl groups is 1. The maximum Gasteiger partial charge on any atom is 0.0964 e. The van der Waals surface area contributed by atoms with Crippen molar-refractivity contribution in [3.63, 3.8) is 0 Å². The highest BCUT2D eigenvalue weighted by Crippen LogP contribution is 2.27. The lowest BCUT2D eigenvalue weighted by atomic mass is 10.0. The number of morpholine rings is 1. The van der Waals surface area contributed by atoms with Crippen LogP contribution in [0.5, 0.6) is 0 Å². The molecule has 3 unspecified atom stereocenters. The molecule has 2 heterocycles. The van der Waals surface area contributed by atoms with Crippen LogP contribution in [0.1, 0.15) is 18.4 Å². The lowest BCUT2D eigenvalue weighted by Gasteiger charge is -2.37. The lowest BCUT2D eigenvalue weighted by Crippen LogP contribution is -2.50. The number of fused-ring (bicyclic) bond motifs is 1. The third kappa shape index (κ3) is 3.20. The van der Waals surface area contributed by atoms with E-state index in [1.165, 1.54) is 12.8 Å². The SMILES string of the molecule is OC(Cc1ccc(Br)cc1Cl)C1CN2CCCC2CO1. The van der Waals surface area contributed by atoms with Gasteiger partial charge in [0.2, 0.25) is 0 Å². The minimum atomic E-state index is -0.504. The van der Waals surface area contributed by atoms with Crippen molar-refractivity contribution in [2.75, 3.05) is 19.7 Å². The van der Waals surface area contributed by atoms with Gasteiger partial charge in [0, 0.05) is 28.5 Å². The maximum atomic E-state index is 10.4. The van der Waals surface area contributed by atoms with Gasteiger partial charge in [-0.25, -0.2) is 0 Å². The van der Waals surface area contributed by atoms with Crippen molar-refractivity contribution in [3.05, 3.63) is 33.3 Å². The Balaban J connectivity index is 1.62. The van der Waals surface area contributed by atoms with Gasteiger partial charge in [-0.15, -0.1) is 0 Å². The Kier molecular flexibility index (Phi) is 4.68. The Bertz CT molecular complexity index is 485. The lowest BCUT2D eigenvalue weighted by molar-refractivity contribution is -0.101. The topological polar surface area (TPSA) is 32.7 Å². The summed E-state index contributed by atoms with van der Waals surface area (Å²) in [6.45, 7) is 2.71. The summed E-state index contributed by atoms with van der Waals surface area (Å²) in [5.41, 5.74) is 0.967. The molecule has 0 amide bonds. The molecule has 2 fully saturated rings. The summed E-state index contributed by atoms with van der Waals surface area (Å²) < 4.78 is 6.80. The second-order valence-electron chi connectivity index (χ2n) is 5.67. The number of nitrogens with zero attached hydrogens (tertiary/aromatic N) is 1. The average molecular weight is 361 g/mol. The van der Waals surface area contributed by atoms with Gasteiger partial charge in [-0.05, 0) is 37.1 Å². The van der Waals surface area contributed by atoms with Crippen LogP contribution in [0.25, 0.3) is 0 Å². The van der Waals surface area contributed by atoms with Crippen molar-refractivity contribution in [3.8, 4) is 0 Å². The standard InChI is InChI=1S/C15H19BrClNO2/c16-11-4-3-10(13(17)7-11)6-14(19)15-8-18-5-1-2-12(18)9-20-15/h3-4,7,12,14-15,19H,1-2,5-6,8-9H2. The monoisotopic (exact) mass is 359 g/mol. The molecule has 0 radical (unpaired) electrons. The van der Waals surface area contributed by atoms with E-state index in [4.69, 9.17) is 16.3 Å². The molecule has 110 valence electrons. The largest absolute Gasteiger partial charge is 0.390 e. The summed E-state index contributed by atoms with van der Waals surface area (Å²) in [6, 6.07) is 6.33. The van der Waals surface area contributed by atoms with E-state index in [9.17, 15) is 5.11 Å². The number of benzene rings is 1. The summed E-state index contributed by atoms with van der Waals surface area (Å²) in [6.07, 6.45) is 2.39. The van der Waals surface area contributed by atoms with Crippen LogP contribution in [-0.4, -0.2) is 48.0 Å². The van der Waals surface area contributed by atoms with Gasteiger partial charge < -0.3 is 9.84 Å². The Hall–Kier alpha value is -0.130. The van der Waals surface area contributed by atoms with Crippen LogP contribution in [0.4, 0.5) is 0 Å². The van der Waals surface area contributed by atoms with E-state index in [1.54, 1.807) is 0 Å². The third-order valence-corrected chi connectivity index (χ3v) is 5.13. The Labute approximate surface area is 133 Å². The van der Waals surface area contributed by atoms with Gasteiger partial charge in [-0.1, -0.05) is 33.6 Å². The van der Waals surface area contributed by atoms with Crippen molar-refractivity contribution >= 4 is 27.5 Å². The van der Waals surface area contributed by atoms with Gasteiger partial charge in [-0.3, -0.25) is 4.90 Å². The fraction of sp³-hybridized carbons (Fsp3) is 0.600. The zero-order valence-corrected chi connectivity index (χ0v) is 13.6. The fourth-order valence-electron chi connectivity index (χ4n) is 3.12. The highest BCUT2D eigenvalue weighted by atomic mass is 79.9. The van der Waals surface area contributed by atoms with Gasteiger partial charge in [0.05, 0.1) is 18.8 Å². The summed E-state index contributed by atoms with van der Waals surface area (Å²) in [4.78, 5) is 2.45. The van der Waals surface area contributed by atoms with Crippen LogP contribution in [0.2, 0.25) is 5.02 Å². The Morgan fingerprint density at radius 3 is 3.15 bits per heavy atom. The molecular weight excluding hydrogens is 342 g/mol. The normalized spacial score (nSPS) is 28.4. The second kappa shape index (κ2) is 6.32. The number of aliphatic hydroxyl groups excluding tert-OH is 1. The van der Waals surface area contributed by atoms with Gasteiger partial charge in [0.1, 0.15) is 0 Å². The minimum Gasteiger partial charge on any atom is -0.390 e. The molecule has 3 nitrogen and oxygen atoms in total. The zero-order valence-electron chi connectivity index (χ0n) is 11.3. The number of hydrogen-bond donors (Lipinski definition) is 1. The summed E-state index contributed by atoms with van der Waals surface area (Å²) >= 11 is 9.60. The van der Waals surface area contributed by atoms with E-state index in [2.05, 4.69) is 20.8 Å². The molecule has 0 aromatic heterocycles. The molecular formula is C15H19BrClNO2. The highest BCUT2D eigenvalue weighted by Gasteiger charge is 2.35. The molecule has 3 atom stereocenters. The van der Waals surface area contributed by atoms with E-state index < -0.39 is 6.10 Å². The molecule has 1 aromatic rings. The van der Waals surface area contributed by atoms with E-state index in [1.807, 2.05) is 18.2 Å². The van der Waals surface area contributed by atoms with Crippen LogP contribution in [-0.2, 0) is 11.2 Å². The van der Waals surface area contributed by atoms with Crippen LogP contribution < -0.4 is 0 Å². The third-order valence-electron chi connectivity index (χ3n) is 4.29. The highest BCUT2D eigenvalue weighted by molar-refractivity contribution is 9.10. The molecule has 1 N–H and O–H groups in total. The first-order chi connectivity index (χ1) is 9.63. The summed E-state index contributed by atoms with van der Waals surface area (Å²) in [5.74, 6) is 0. The van der Waals surface area contributed by atoms with E-state index >= 15 is 0 Å². The second-order valence-corrected chi connectivity index (χ2v) is 6.99. The fourth-order valence-corrected chi connectivity index (χ4v) is 3.87. The Morgan fingerprint density at radius 2 is 2.35 bits per heavy atom. The van der Waals surface area contributed by atoms with E-state index in [0.717, 1.165) is 29.7 Å². The first kappa shape index (κ1) is 14.8. The van der Waals surface area contributed by atoms with Gasteiger partial charge in [0.15, 0.2) is 0 Å². The first-order valence-electron chi connectivity index (χ1n) is 7.11. The molecule has 20 heavy (non-hydrogen) atoms. The van der Waals surface area contributed by atoms with Crippen molar-refractivity contribution in [1.82, 2.24) is 4.90 Å². The predicted molar refractivity (Wildman–Crippen MR) is 83.2 cm³/mol. The number of ether oxygens (including phenoxy) is 1. The number of hydrogen-bond acceptors (Lipinski definition) is 3. The molecule has 0 aliphatic carbocycles.